The van der Waals surface area contributed by atoms with E-state index in [4.69, 9.17) is 5.11 Å². The number of allylic oxidation sites excluding steroid dienone is 2. The summed E-state index contributed by atoms with van der Waals surface area (Å²) < 4.78 is 0. The van der Waals surface area contributed by atoms with Crippen molar-refractivity contribution in [3.63, 3.8) is 0 Å². The van der Waals surface area contributed by atoms with E-state index in [1.807, 2.05) is 0 Å². The topological polar surface area (TPSA) is 40.5 Å². The van der Waals surface area contributed by atoms with Gasteiger partial charge in [-0.05, 0) is 12.8 Å². The summed E-state index contributed by atoms with van der Waals surface area (Å²) in [5, 5.41) is 8.58. The maximum Gasteiger partial charge on any atom is 0.407 e. The van der Waals surface area contributed by atoms with E-state index >= 15 is 0 Å². The predicted molar refractivity (Wildman–Crippen MR) is 40.4 cm³/mol. The van der Waals surface area contributed by atoms with Crippen molar-refractivity contribution in [3.05, 3.63) is 12.2 Å². The zero-order valence-corrected chi connectivity index (χ0v) is 6.29. The van der Waals surface area contributed by atoms with Crippen molar-refractivity contribution in [1.82, 2.24) is 4.90 Å². The van der Waals surface area contributed by atoms with Gasteiger partial charge in [0.25, 0.3) is 0 Å². The summed E-state index contributed by atoms with van der Waals surface area (Å²) in [4.78, 5) is 11.9. The van der Waals surface area contributed by atoms with Gasteiger partial charge in [0.2, 0.25) is 0 Å². The molecule has 1 fully saturated rings. The minimum Gasteiger partial charge on any atom is -0.465 e. The number of nitrogens with zero attached hydrogens (tertiary/aromatic N) is 1. The SMILES string of the molecule is O=C(O)N1CC2(CC=CC2)C1. The number of rotatable bonds is 0. The molecule has 0 aromatic heterocycles. The Balaban J connectivity index is 1.92. The minimum atomic E-state index is -0.775. The fraction of sp³-hybridized carbons (Fsp3) is 0.625. The molecule has 1 heterocycles. The summed E-state index contributed by atoms with van der Waals surface area (Å²) in [7, 11) is 0. The zero-order chi connectivity index (χ0) is 7.90. The number of likely N-dealkylation sites (tertiary alicyclic amines) is 1. The molecule has 0 aromatic rings. The van der Waals surface area contributed by atoms with Crippen LogP contribution in [0, 0.1) is 5.41 Å². The molecule has 0 radical (unpaired) electrons. The summed E-state index contributed by atoms with van der Waals surface area (Å²) in [5.74, 6) is 0. The molecule has 3 heteroatoms. The second-order valence-corrected chi connectivity index (χ2v) is 3.52. The van der Waals surface area contributed by atoms with E-state index in [9.17, 15) is 4.79 Å². The molecule has 1 amide bonds. The van der Waals surface area contributed by atoms with Crippen LogP contribution in [0.15, 0.2) is 12.2 Å². The molecule has 1 N–H and O–H groups in total. The number of amides is 1. The number of hydrogen-bond acceptors (Lipinski definition) is 1. The molecule has 0 unspecified atom stereocenters. The highest BCUT2D eigenvalue weighted by Crippen LogP contribution is 2.41. The Labute approximate surface area is 65.3 Å². The summed E-state index contributed by atoms with van der Waals surface area (Å²) in [6, 6.07) is 0. The highest BCUT2D eigenvalue weighted by atomic mass is 16.4. The highest BCUT2D eigenvalue weighted by Gasteiger charge is 2.44. The first-order valence-electron chi connectivity index (χ1n) is 3.85. The molecule has 0 bridgehead atoms. The van der Waals surface area contributed by atoms with E-state index < -0.39 is 6.09 Å². The van der Waals surface area contributed by atoms with Crippen molar-refractivity contribution in [2.75, 3.05) is 13.1 Å². The molecular weight excluding hydrogens is 142 g/mol. The Bertz CT molecular complexity index is 206. The third-order valence-corrected chi connectivity index (χ3v) is 2.59. The Morgan fingerprint density at radius 1 is 1.36 bits per heavy atom. The quantitative estimate of drug-likeness (QED) is 0.533. The molecule has 60 valence electrons. The third-order valence-electron chi connectivity index (χ3n) is 2.59. The number of carbonyl (C=O) groups is 1. The molecule has 2 rings (SSSR count). The van der Waals surface area contributed by atoms with Crippen LogP contribution in [0.25, 0.3) is 0 Å². The van der Waals surface area contributed by atoms with Crippen LogP contribution in [0.1, 0.15) is 12.8 Å². The van der Waals surface area contributed by atoms with Crippen molar-refractivity contribution in [3.8, 4) is 0 Å². The molecule has 11 heavy (non-hydrogen) atoms. The van der Waals surface area contributed by atoms with Crippen LogP contribution >= 0.6 is 0 Å². The first-order valence-corrected chi connectivity index (χ1v) is 3.85. The van der Waals surface area contributed by atoms with Crippen LogP contribution in [0.5, 0.6) is 0 Å². The Hall–Kier alpha value is -0.990. The van der Waals surface area contributed by atoms with E-state index in [1.165, 1.54) is 4.90 Å². The zero-order valence-electron chi connectivity index (χ0n) is 6.29. The Kier molecular flexibility index (Phi) is 1.22. The molecular formula is C8H11NO2. The molecule has 1 saturated heterocycles. The van der Waals surface area contributed by atoms with E-state index in [-0.39, 0.29) is 0 Å². The molecule has 3 nitrogen and oxygen atoms in total. The lowest BCUT2D eigenvalue weighted by Crippen LogP contribution is -2.56. The summed E-state index contributed by atoms with van der Waals surface area (Å²) >= 11 is 0. The van der Waals surface area contributed by atoms with Gasteiger partial charge in [-0.2, -0.15) is 0 Å². The van der Waals surface area contributed by atoms with Crippen molar-refractivity contribution >= 4 is 6.09 Å². The Morgan fingerprint density at radius 2 is 1.91 bits per heavy atom. The van der Waals surface area contributed by atoms with Crippen LogP contribution in [-0.2, 0) is 0 Å². The van der Waals surface area contributed by atoms with Gasteiger partial charge in [-0.3, -0.25) is 0 Å². The van der Waals surface area contributed by atoms with Gasteiger partial charge in [0.15, 0.2) is 0 Å². The minimum absolute atomic E-state index is 0.304. The van der Waals surface area contributed by atoms with Gasteiger partial charge in [0, 0.05) is 18.5 Å². The fourth-order valence-corrected chi connectivity index (χ4v) is 1.91. The van der Waals surface area contributed by atoms with Crippen molar-refractivity contribution in [2.45, 2.75) is 12.8 Å². The third kappa shape index (κ3) is 0.914. The summed E-state index contributed by atoms with van der Waals surface area (Å²) in [6.45, 7) is 1.46. The average molecular weight is 153 g/mol. The van der Waals surface area contributed by atoms with Gasteiger partial charge >= 0.3 is 6.09 Å². The number of hydrogen-bond donors (Lipinski definition) is 1. The largest absolute Gasteiger partial charge is 0.465 e. The second-order valence-electron chi connectivity index (χ2n) is 3.52. The highest BCUT2D eigenvalue weighted by molar-refractivity contribution is 5.66. The predicted octanol–water partition coefficient (Wildman–Crippen LogP) is 1.32. The lowest BCUT2D eigenvalue weighted by atomic mass is 9.78. The molecule has 1 aliphatic heterocycles. The van der Waals surface area contributed by atoms with E-state index in [0.717, 1.165) is 25.9 Å². The van der Waals surface area contributed by atoms with Gasteiger partial charge in [0.1, 0.15) is 0 Å². The summed E-state index contributed by atoms with van der Waals surface area (Å²) in [5.41, 5.74) is 0.304. The van der Waals surface area contributed by atoms with E-state index in [2.05, 4.69) is 12.2 Å². The van der Waals surface area contributed by atoms with E-state index in [1.54, 1.807) is 0 Å². The van der Waals surface area contributed by atoms with Gasteiger partial charge < -0.3 is 10.0 Å². The molecule has 0 saturated carbocycles. The molecule has 0 aromatic carbocycles. The van der Waals surface area contributed by atoms with Gasteiger partial charge in [-0.1, -0.05) is 12.2 Å². The van der Waals surface area contributed by atoms with Crippen molar-refractivity contribution in [2.24, 2.45) is 5.41 Å². The van der Waals surface area contributed by atoms with Crippen LogP contribution in [0.2, 0.25) is 0 Å². The van der Waals surface area contributed by atoms with Gasteiger partial charge in [-0.25, -0.2) is 4.79 Å². The van der Waals surface area contributed by atoms with Gasteiger partial charge in [-0.15, -0.1) is 0 Å². The van der Waals surface area contributed by atoms with Crippen molar-refractivity contribution < 1.29 is 9.90 Å². The van der Waals surface area contributed by atoms with E-state index in [0.29, 0.717) is 5.41 Å². The first kappa shape index (κ1) is 6.70. The van der Waals surface area contributed by atoms with Crippen LogP contribution in [0.3, 0.4) is 0 Å². The average Bonchev–Trinajstić information content (AvgIpc) is 2.29. The summed E-state index contributed by atoms with van der Waals surface area (Å²) in [6.07, 6.45) is 5.66. The standard InChI is InChI=1S/C8H11NO2/c10-7(11)9-5-8(6-9)3-1-2-4-8/h1-2H,3-6H2,(H,10,11). The lowest BCUT2D eigenvalue weighted by molar-refractivity contribution is 0.0191. The number of carboxylic acid groups (broad SMARTS) is 1. The maximum atomic E-state index is 10.4. The molecule has 0 atom stereocenters. The van der Waals surface area contributed by atoms with Crippen molar-refractivity contribution in [1.29, 1.82) is 0 Å². The monoisotopic (exact) mass is 153 g/mol. The second kappa shape index (κ2) is 2.00. The molecule has 1 aliphatic carbocycles. The van der Waals surface area contributed by atoms with Crippen LogP contribution in [-0.4, -0.2) is 29.2 Å². The lowest BCUT2D eigenvalue weighted by Gasteiger charge is -2.46. The van der Waals surface area contributed by atoms with Crippen LogP contribution < -0.4 is 0 Å². The van der Waals surface area contributed by atoms with Gasteiger partial charge in [0.05, 0.1) is 0 Å². The smallest absolute Gasteiger partial charge is 0.407 e. The Morgan fingerprint density at radius 3 is 2.36 bits per heavy atom. The maximum absolute atomic E-state index is 10.4. The molecule has 1 spiro atoms. The molecule has 2 aliphatic rings. The first-order chi connectivity index (χ1) is 5.22. The van der Waals surface area contributed by atoms with Crippen LogP contribution in [0.4, 0.5) is 4.79 Å². The fourth-order valence-electron chi connectivity index (χ4n) is 1.91. The normalized spacial score (nSPS) is 25.6.